The Balaban J connectivity index is 1.69. The summed E-state index contributed by atoms with van der Waals surface area (Å²) in [6.45, 7) is 4.46. The van der Waals surface area contributed by atoms with E-state index < -0.39 is 0 Å². The molecule has 0 radical (unpaired) electrons. The molecule has 0 aliphatic rings. The van der Waals surface area contributed by atoms with Crippen molar-refractivity contribution in [2.45, 2.75) is 31.6 Å². The summed E-state index contributed by atoms with van der Waals surface area (Å²) in [7, 11) is 0. The lowest BCUT2D eigenvalue weighted by Gasteiger charge is -2.07. The van der Waals surface area contributed by atoms with E-state index in [4.69, 9.17) is 4.74 Å². The third-order valence-corrected chi connectivity index (χ3v) is 4.49. The van der Waals surface area contributed by atoms with Gasteiger partial charge in [-0.3, -0.25) is 4.79 Å². The molecule has 0 heterocycles. The fourth-order valence-corrected chi connectivity index (χ4v) is 2.91. The van der Waals surface area contributed by atoms with Crippen molar-refractivity contribution in [2.75, 3.05) is 12.4 Å². The van der Waals surface area contributed by atoms with Crippen LogP contribution < -0.4 is 4.74 Å². The van der Waals surface area contributed by atoms with Crippen molar-refractivity contribution in [2.24, 2.45) is 0 Å². The second-order valence-electron chi connectivity index (χ2n) is 5.13. The van der Waals surface area contributed by atoms with E-state index in [9.17, 15) is 4.79 Å². The minimum atomic E-state index is 0.110. The van der Waals surface area contributed by atoms with Gasteiger partial charge in [0.15, 0.2) is 5.78 Å². The van der Waals surface area contributed by atoms with Crippen LogP contribution in [0.4, 0.5) is 0 Å². The Morgan fingerprint density at radius 3 is 2.59 bits per heavy atom. The van der Waals surface area contributed by atoms with E-state index in [0.717, 1.165) is 36.5 Å². The van der Waals surface area contributed by atoms with Crippen molar-refractivity contribution < 1.29 is 9.53 Å². The predicted octanol–water partition coefficient (Wildman–Crippen LogP) is 5.01. The van der Waals surface area contributed by atoms with E-state index in [2.05, 4.69) is 19.1 Å². The zero-order valence-corrected chi connectivity index (χ0v) is 14.0. The molecule has 0 aliphatic heterocycles. The number of ether oxygens (including phenoxy) is 1. The third kappa shape index (κ3) is 5.23. The zero-order valence-electron chi connectivity index (χ0n) is 13.2. The molecule has 0 bridgehead atoms. The van der Waals surface area contributed by atoms with Gasteiger partial charge < -0.3 is 4.74 Å². The number of thioether (sulfide) groups is 1. The molecule has 0 atom stereocenters. The Hall–Kier alpha value is -1.74. The molecular formula is C19H22O2S. The van der Waals surface area contributed by atoms with Gasteiger partial charge in [-0.2, -0.15) is 0 Å². The number of rotatable bonds is 8. The number of carbonyl (C=O) groups excluding carboxylic acids is 1. The highest BCUT2D eigenvalue weighted by Crippen LogP contribution is 2.20. The minimum absolute atomic E-state index is 0.110. The zero-order chi connectivity index (χ0) is 15.8. The van der Waals surface area contributed by atoms with E-state index in [1.54, 1.807) is 18.7 Å². The molecule has 0 unspecified atom stereocenters. The van der Waals surface area contributed by atoms with Gasteiger partial charge in [0.25, 0.3) is 0 Å². The largest absolute Gasteiger partial charge is 0.494 e. The molecule has 0 amide bonds. The molecule has 3 heteroatoms. The standard InChI is InChI=1S/C19H22O2S/c1-3-16-6-4-7-18(14-16)21-12-5-13-22-19-10-8-17(9-11-19)15(2)20/h4,6-11,14H,3,5,12-13H2,1-2H3. The smallest absolute Gasteiger partial charge is 0.159 e. The van der Waals surface area contributed by atoms with Crippen LogP contribution in [0.5, 0.6) is 5.75 Å². The van der Waals surface area contributed by atoms with Crippen molar-refractivity contribution in [3.05, 3.63) is 59.7 Å². The maximum atomic E-state index is 11.2. The van der Waals surface area contributed by atoms with Gasteiger partial charge in [0, 0.05) is 16.2 Å². The second kappa shape index (κ2) is 8.64. The van der Waals surface area contributed by atoms with E-state index >= 15 is 0 Å². The summed E-state index contributed by atoms with van der Waals surface area (Å²) in [6, 6.07) is 16.1. The van der Waals surface area contributed by atoms with Crippen LogP contribution in [0.15, 0.2) is 53.4 Å². The number of benzene rings is 2. The van der Waals surface area contributed by atoms with Crippen molar-refractivity contribution in [1.29, 1.82) is 0 Å². The van der Waals surface area contributed by atoms with Crippen LogP contribution in [0.1, 0.15) is 36.2 Å². The quantitative estimate of drug-likeness (QED) is 0.389. The van der Waals surface area contributed by atoms with Gasteiger partial charge in [0.05, 0.1) is 6.61 Å². The van der Waals surface area contributed by atoms with E-state index in [1.165, 1.54) is 10.5 Å². The number of hydrogen-bond donors (Lipinski definition) is 0. The predicted molar refractivity (Wildman–Crippen MR) is 93.1 cm³/mol. The van der Waals surface area contributed by atoms with Crippen LogP contribution >= 0.6 is 11.8 Å². The lowest BCUT2D eigenvalue weighted by atomic mass is 10.2. The Bertz CT molecular complexity index is 605. The molecule has 0 saturated heterocycles. The molecule has 2 nitrogen and oxygen atoms in total. The normalized spacial score (nSPS) is 10.5. The number of aryl methyl sites for hydroxylation is 1. The molecule has 0 aliphatic carbocycles. The second-order valence-corrected chi connectivity index (χ2v) is 6.30. The Morgan fingerprint density at radius 1 is 1.14 bits per heavy atom. The summed E-state index contributed by atoms with van der Waals surface area (Å²) in [6.07, 6.45) is 2.03. The highest BCUT2D eigenvalue weighted by molar-refractivity contribution is 7.99. The molecular weight excluding hydrogens is 292 g/mol. The monoisotopic (exact) mass is 314 g/mol. The fraction of sp³-hybridized carbons (Fsp3) is 0.316. The van der Waals surface area contributed by atoms with Gasteiger partial charge in [-0.1, -0.05) is 31.2 Å². The van der Waals surface area contributed by atoms with Crippen LogP contribution in [0, 0.1) is 0 Å². The van der Waals surface area contributed by atoms with Crippen molar-refractivity contribution in [3.8, 4) is 5.75 Å². The molecule has 0 spiro atoms. The molecule has 2 aromatic rings. The molecule has 0 aromatic heterocycles. The first kappa shape index (κ1) is 16.6. The highest BCUT2D eigenvalue weighted by Gasteiger charge is 2.00. The molecule has 22 heavy (non-hydrogen) atoms. The summed E-state index contributed by atoms with van der Waals surface area (Å²) in [5.41, 5.74) is 2.07. The van der Waals surface area contributed by atoms with Gasteiger partial charge in [-0.25, -0.2) is 0 Å². The Labute approximate surface area is 136 Å². The summed E-state index contributed by atoms with van der Waals surface area (Å²) >= 11 is 1.79. The minimum Gasteiger partial charge on any atom is -0.494 e. The number of ketones is 1. The van der Waals surface area contributed by atoms with Crippen LogP contribution in [0.3, 0.4) is 0 Å². The number of Topliss-reactive ketones (excluding diaryl/α,β-unsaturated/α-hetero) is 1. The summed E-state index contributed by atoms with van der Waals surface area (Å²) < 4.78 is 5.78. The van der Waals surface area contributed by atoms with Gasteiger partial charge >= 0.3 is 0 Å². The van der Waals surface area contributed by atoms with Gasteiger partial charge in [0.2, 0.25) is 0 Å². The van der Waals surface area contributed by atoms with Gasteiger partial charge in [-0.05, 0) is 49.6 Å². The highest BCUT2D eigenvalue weighted by atomic mass is 32.2. The van der Waals surface area contributed by atoms with Gasteiger partial charge in [0.1, 0.15) is 5.75 Å². The first-order valence-electron chi connectivity index (χ1n) is 7.64. The fourth-order valence-electron chi connectivity index (χ4n) is 2.08. The first-order valence-corrected chi connectivity index (χ1v) is 8.63. The van der Waals surface area contributed by atoms with E-state index in [0.29, 0.717) is 0 Å². The molecule has 2 aromatic carbocycles. The van der Waals surface area contributed by atoms with Crippen LogP contribution in [0.2, 0.25) is 0 Å². The van der Waals surface area contributed by atoms with Crippen LogP contribution in [-0.4, -0.2) is 18.1 Å². The molecule has 116 valence electrons. The third-order valence-electron chi connectivity index (χ3n) is 3.39. The van der Waals surface area contributed by atoms with E-state index in [-0.39, 0.29) is 5.78 Å². The average molecular weight is 314 g/mol. The Morgan fingerprint density at radius 2 is 1.91 bits per heavy atom. The molecule has 2 rings (SSSR count). The molecule has 0 N–H and O–H groups in total. The van der Waals surface area contributed by atoms with Crippen LogP contribution in [-0.2, 0) is 6.42 Å². The van der Waals surface area contributed by atoms with Gasteiger partial charge in [-0.15, -0.1) is 11.8 Å². The summed E-state index contributed by atoms with van der Waals surface area (Å²) in [4.78, 5) is 12.4. The Kier molecular flexibility index (Phi) is 6.53. The molecule has 0 fully saturated rings. The molecule has 0 saturated carbocycles. The lowest BCUT2D eigenvalue weighted by Crippen LogP contribution is -1.99. The van der Waals surface area contributed by atoms with Crippen molar-refractivity contribution in [1.82, 2.24) is 0 Å². The number of hydrogen-bond acceptors (Lipinski definition) is 3. The number of carbonyl (C=O) groups is 1. The van der Waals surface area contributed by atoms with Crippen LogP contribution in [0.25, 0.3) is 0 Å². The maximum absolute atomic E-state index is 11.2. The van der Waals surface area contributed by atoms with E-state index in [1.807, 2.05) is 36.4 Å². The lowest BCUT2D eigenvalue weighted by molar-refractivity contribution is 0.101. The summed E-state index contributed by atoms with van der Waals surface area (Å²) in [5.74, 6) is 2.07. The topological polar surface area (TPSA) is 26.3 Å². The first-order chi connectivity index (χ1) is 10.7. The van der Waals surface area contributed by atoms with Crippen molar-refractivity contribution in [3.63, 3.8) is 0 Å². The van der Waals surface area contributed by atoms with Crippen molar-refractivity contribution >= 4 is 17.5 Å². The maximum Gasteiger partial charge on any atom is 0.159 e. The SMILES string of the molecule is CCc1cccc(OCCCSc2ccc(C(C)=O)cc2)c1. The summed E-state index contributed by atoms with van der Waals surface area (Å²) in [5, 5.41) is 0. The average Bonchev–Trinajstić information content (AvgIpc) is 2.55.